The number of rotatable bonds is 6. The number of nitrogens with one attached hydrogen (secondary N) is 1. The molecule has 0 fully saturated rings. The van der Waals surface area contributed by atoms with E-state index >= 15 is 0 Å². The average molecular weight is 320 g/mol. The third kappa shape index (κ3) is 4.67. The summed E-state index contributed by atoms with van der Waals surface area (Å²) >= 11 is 5.89. The van der Waals surface area contributed by atoms with Gasteiger partial charge in [-0.05, 0) is 56.3 Å². The predicted octanol–water partition coefficient (Wildman–Crippen LogP) is 4.14. The smallest absolute Gasteiger partial charge is 0.265 e. The fourth-order valence-corrected chi connectivity index (χ4v) is 2.02. The molecule has 0 aliphatic carbocycles. The molecule has 0 spiro atoms. The summed E-state index contributed by atoms with van der Waals surface area (Å²) in [6.45, 7) is 4.21. The number of benzene rings is 2. The molecular weight excluding hydrogens is 302 g/mol. The van der Waals surface area contributed by atoms with Crippen LogP contribution in [0.4, 0.5) is 5.69 Å². The summed E-state index contributed by atoms with van der Waals surface area (Å²) in [5.74, 6) is 1.09. The van der Waals surface area contributed by atoms with Crippen molar-refractivity contribution in [3.63, 3.8) is 0 Å². The van der Waals surface area contributed by atoms with Crippen LogP contribution in [0, 0.1) is 0 Å². The van der Waals surface area contributed by atoms with Gasteiger partial charge in [-0.25, -0.2) is 0 Å². The van der Waals surface area contributed by atoms with E-state index in [0.717, 1.165) is 5.75 Å². The first-order valence-corrected chi connectivity index (χ1v) is 7.42. The number of carbonyl (C=O) groups is 1. The lowest BCUT2D eigenvalue weighted by molar-refractivity contribution is -0.122. The molecule has 22 heavy (non-hydrogen) atoms. The van der Waals surface area contributed by atoms with Crippen LogP contribution in [-0.4, -0.2) is 18.6 Å². The quantitative estimate of drug-likeness (QED) is 0.870. The van der Waals surface area contributed by atoms with E-state index in [4.69, 9.17) is 21.1 Å². The van der Waals surface area contributed by atoms with E-state index in [-0.39, 0.29) is 5.91 Å². The summed E-state index contributed by atoms with van der Waals surface area (Å²) < 4.78 is 10.9. The molecule has 1 N–H and O–H groups in total. The lowest BCUT2D eigenvalue weighted by Gasteiger charge is -2.15. The van der Waals surface area contributed by atoms with Crippen molar-refractivity contribution < 1.29 is 14.3 Å². The third-order valence-electron chi connectivity index (χ3n) is 2.91. The number of hydrogen-bond donors (Lipinski definition) is 1. The summed E-state index contributed by atoms with van der Waals surface area (Å²) in [6.07, 6.45) is -0.634. The Kier molecular flexibility index (Phi) is 5.67. The molecule has 0 saturated heterocycles. The van der Waals surface area contributed by atoms with E-state index in [0.29, 0.717) is 23.1 Å². The van der Waals surface area contributed by atoms with Crippen LogP contribution < -0.4 is 14.8 Å². The van der Waals surface area contributed by atoms with Gasteiger partial charge in [0.1, 0.15) is 11.5 Å². The molecule has 0 heterocycles. The van der Waals surface area contributed by atoms with Gasteiger partial charge in [0.25, 0.3) is 5.91 Å². The maximum Gasteiger partial charge on any atom is 0.265 e. The molecule has 1 unspecified atom stereocenters. The van der Waals surface area contributed by atoms with Crippen molar-refractivity contribution in [2.24, 2.45) is 0 Å². The SMILES string of the molecule is CCOc1ccc(NC(=O)C(C)Oc2cccc(Cl)c2)cc1. The first kappa shape index (κ1) is 16.2. The Bertz CT molecular complexity index is 628. The standard InChI is InChI=1S/C17H18ClNO3/c1-3-21-15-9-7-14(8-10-15)19-17(20)12(2)22-16-6-4-5-13(18)11-16/h4-12H,3H2,1-2H3,(H,19,20). The minimum Gasteiger partial charge on any atom is -0.494 e. The predicted molar refractivity (Wildman–Crippen MR) is 87.8 cm³/mol. The number of carbonyl (C=O) groups excluding carboxylic acids is 1. The molecular formula is C17H18ClNO3. The minimum absolute atomic E-state index is 0.232. The minimum atomic E-state index is -0.634. The van der Waals surface area contributed by atoms with Gasteiger partial charge in [-0.1, -0.05) is 17.7 Å². The molecule has 2 aromatic rings. The van der Waals surface area contributed by atoms with E-state index in [9.17, 15) is 4.79 Å². The highest BCUT2D eigenvalue weighted by Gasteiger charge is 2.15. The second kappa shape index (κ2) is 7.71. The molecule has 2 aromatic carbocycles. The van der Waals surface area contributed by atoms with Crippen molar-refractivity contribution >= 4 is 23.2 Å². The van der Waals surface area contributed by atoms with Crippen LogP contribution in [-0.2, 0) is 4.79 Å². The van der Waals surface area contributed by atoms with Crippen molar-refractivity contribution in [3.05, 3.63) is 53.6 Å². The first-order valence-electron chi connectivity index (χ1n) is 7.04. The molecule has 0 aliphatic heterocycles. The zero-order chi connectivity index (χ0) is 15.9. The van der Waals surface area contributed by atoms with Crippen molar-refractivity contribution in [1.29, 1.82) is 0 Å². The summed E-state index contributed by atoms with van der Waals surface area (Å²) in [5, 5.41) is 3.36. The highest BCUT2D eigenvalue weighted by Crippen LogP contribution is 2.19. The Morgan fingerprint density at radius 3 is 2.55 bits per heavy atom. The van der Waals surface area contributed by atoms with Gasteiger partial charge in [0.15, 0.2) is 6.10 Å². The van der Waals surface area contributed by atoms with Crippen LogP contribution in [0.1, 0.15) is 13.8 Å². The lowest BCUT2D eigenvalue weighted by atomic mass is 10.2. The van der Waals surface area contributed by atoms with Gasteiger partial charge in [0.05, 0.1) is 6.61 Å². The molecule has 2 rings (SSSR count). The highest BCUT2D eigenvalue weighted by molar-refractivity contribution is 6.30. The van der Waals surface area contributed by atoms with Crippen LogP contribution in [0.15, 0.2) is 48.5 Å². The topological polar surface area (TPSA) is 47.6 Å². The molecule has 0 aliphatic rings. The number of amides is 1. The Balaban J connectivity index is 1.93. The molecule has 116 valence electrons. The van der Waals surface area contributed by atoms with E-state index in [1.807, 2.05) is 19.1 Å². The van der Waals surface area contributed by atoms with Gasteiger partial charge in [-0.3, -0.25) is 4.79 Å². The normalized spacial score (nSPS) is 11.6. The zero-order valence-corrected chi connectivity index (χ0v) is 13.3. The van der Waals surface area contributed by atoms with Crippen LogP contribution in [0.25, 0.3) is 0 Å². The molecule has 0 aromatic heterocycles. The van der Waals surface area contributed by atoms with Crippen LogP contribution >= 0.6 is 11.6 Å². The van der Waals surface area contributed by atoms with Gasteiger partial charge in [0.2, 0.25) is 0 Å². The van der Waals surface area contributed by atoms with E-state index < -0.39 is 6.10 Å². The van der Waals surface area contributed by atoms with Crippen molar-refractivity contribution in [2.45, 2.75) is 20.0 Å². The highest BCUT2D eigenvalue weighted by atomic mass is 35.5. The summed E-state index contributed by atoms with van der Waals surface area (Å²) in [4.78, 5) is 12.1. The molecule has 0 saturated carbocycles. The van der Waals surface area contributed by atoms with Gasteiger partial charge in [-0.2, -0.15) is 0 Å². The van der Waals surface area contributed by atoms with E-state index in [2.05, 4.69) is 5.32 Å². The van der Waals surface area contributed by atoms with Crippen molar-refractivity contribution in [3.8, 4) is 11.5 Å². The van der Waals surface area contributed by atoms with Crippen LogP contribution in [0.3, 0.4) is 0 Å². The maximum absolute atomic E-state index is 12.1. The Morgan fingerprint density at radius 1 is 1.18 bits per heavy atom. The van der Waals surface area contributed by atoms with Gasteiger partial charge in [-0.15, -0.1) is 0 Å². The average Bonchev–Trinajstić information content (AvgIpc) is 2.49. The molecule has 0 radical (unpaired) electrons. The number of ether oxygens (including phenoxy) is 2. The second-order valence-corrected chi connectivity index (χ2v) is 5.10. The summed E-state index contributed by atoms with van der Waals surface area (Å²) in [7, 11) is 0. The van der Waals surface area contributed by atoms with Gasteiger partial charge in [0, 0.05) is 10.7 Å². The molecule has 1 atom stereocenters. The Hall–Kier alpha value is -2.20. The molecule has 1 amide bonds. The zero-order valence-electron chi connectivity index (χ0n) is 12.5. The third-order valence-corrected chi connectivity index (χ3v) is 3.15. The fraction of sp³-hybridized carbons (Fsp3) is 0.235. The van der Waals surface area contributed by atoms with E-state index in [1.165, 1.54) is 0 Å². The maximum atomic E-state index is 12.1. The summed E-state index contributed by atoms with van der Waals surface area (Å²) in [5.41, 5.74) is 0.690. The second-order valence-electron chi connectivity index (χ2n) is 4.66. The first-order chi connectivity index (χ1) is 10.6. The fourth-order valence-electron chi connectivity index (χ4n) is 1.84. The number of hydrogen-bond acceptors (Lipinski definition) is 3. The monoisotopic (exact) mass is 319 g/mol. The van der Waals surface area contributed by atoms with E-state index in [1.54, 1.807) is 43.3 Å². The van der Waals surface area contributed by atoms with Crippen LogP contribution in [0.5, 0.6) is 11.5 Å². The Morgan fingerprint density at radius 2 is 1.91 bits per heavy atom. The molecule has 5 heteroatoms. The van der Waals surface area contributed by atoms with Gasteiger partial charge >= 0.3 is 0 Å². The number of halogens is 1. The van der Waals surface area contributed by atoms with Gasteiger partial charge < -0.3 is 14.8 Å². The molecule has 4 nitrogen and oxygen atoms in total. The van der Waals surface area contributed by atoms with Crippen molar-refractivity contribution in [2.75, 3.05) is 11.9 Å². The number of anilines is 1. The largest absolute Gasteiger partial charge is 0.494 e. The van der Waals surface area contributed by atoms with Crippen LogP contribution in [0.2, 0.25) is 5.02 Å². The molecule has 0 bridgehead atoms. The summed E-state index contributed by atoms with van der Waals surface area (Å²) in [6, 6.07) is 14.1. The lowest BCUT2D eigenvalue weighted by Crippen LogP contribution is -2.30. The Labute approximate surface area is 135 Å². The van der Waals surface area contributed by atoms with Crippen molar-refractivity contribution in [1.82, 2.24) is 0 Å².